The van der Waals surface area contributed by atoms with E-state index in [1.165, 1.54) is 16.9 Å². The van der Waals surface area contributed by atoms with E-state index in [4.69, 9.17) is 0 Å². The van der Waals surface area contributed by atoms with Gasteiger partial charge in [-0.25, -0.2) is 9.97 Å². The van der Waals surface area contributed by atoms with Crippen LogP contribution in [-0.4, -0.2) is 53.5 Å². The number of thiazole rings is 1. The lowest BCUT2D eigenvalue weighted by molar-refractivity contribution is -0.117. The molecule has 1 N–H and O–H groups in total. The van der Waals surface area contributed by atoms with Crippen molar-refractivity contribution in [2.75, 3.05) is 42.9 Å². The van der Waals surface area contributed by atoms with E-state index >= 15 is 0 Å². The summed E-state index contributed by atoms with van der Waals surface area (Å²) in [7, 11) is 0. The van der Waals surface area contributed by atoms with Crippen molar-refractivity contribution >= 4 is 38.4 Å². The van der Waals surface area contributed by atoms with Crippen molar-refractivity contribution in [1.29, 1.82) is 0 Å². The number of piperazine rings is 1. The van der Waals surface area contributed by atoms with Crippen LogP contribution in [0.1, 0.15) is 11.1 Å². The summed E-state index contributed by atoms with van der Waals surface area (Å²) in [4.78, 5) is 25.9. The van der Waals surface area contributed by atoms with Gasteiger partial charge in [-0.1, -0.05) is 23.5 Å². The van der Waals surface area contributed by atoms with E-state index in [-0.39, 0.29) is 5.91 Å². The number of pyridine rings is 1. The quantitative estimate of drug-likeness (QED) is 0.753. The van der Waals surface area contributed by atoms with Crippen LogP contribution in [0, 0.1) is 13.8 Å². The van der Waals surface area contributed by atoms with Crippen LogP contribution in [0.15, 0.2) is 36.5 Å². The molecule has 6 nitrogen and oxygen atoms in total. The fourth-order valence-corrected chi connectivity index (χ4v) is 4.52. The minimum atomic E-state index is -0.00489. The number of benzene rings is 1. The second-order valence-corrected chi connectivity index (χ2v) is 7.98. The van der Waals surface area contributed by atoms with Crippen LogP contribution in [-0.2, 0) is 4.79 Å². The largest absolute Gasteiger partial charge is 0.354 e. The summed E-state index contributed by atoms with van der Waals surface area (Å²) in [5.41, 5.74) is 3.34. The van der Waals surface area contributed by atoms with Gasteiger partial charge in [0.1, 0.15) is 5.82 Å². The SMILES string of the molecule is Cc1cc(C)c2nc(NC(=O)CN3CCN(c4ccccn4)CC3)sc2c1. The number of amides is 1. The van der Waals surface area contributed by atoms with Crippen LogP contribution in [0.25, 0.3) is 10.2 Å². The molecule has 3 aromatic rings. The molecule has 1 aliphatic heterocycles. The van der Waals surface area contributed by atoms with Gasteiger partial charge in [0.15, 0.2) is 5.13 Å². The van der Waals surface area contributed by atoms with Crippen molar-refractivity contribution in [1.82, 2.24) is 14.9 Å². The van der Waals surface area contributed by atoms with Crippen LogP contribution in [0.5, 0.6) is 0 Å². The highest BCUT2D eigenvalue weighted by Gasteiger charge is 2.20. The standard InChI is InChI=1S/C20H23N5OS/c1-14-11-15(2)19-16(12-14)27-20(23-19)22-18(26)13-24-7-9-25(10-8-24)17-5-3-4-6-21-17/h3-6,11-12H,7-10,13H2,1-2H3,(H,22,23,26). The van der Waals surface area contributed by atoms with Gasteiger partial charge in [-0.05, 0) is 43.2 Å². The lowest BCUT2D eigenvalue weighted by Crippen LogP contribution is -2.48. The van der Waals surface area contributed by atoms with Gasteiger partial charge in [0.25, 0.3) is 0 Å². The first-order chi connectivity index (χ1) is 13.1. The Bertz CT molecular complexity index is 948. The molecule has 1 fully saturated rings. The van der Waals surface area contributed by atoms with Crippen molar-refractivity contribution in [3.05, 3.63) is 47.7 Å². The van der Waals surface area contributed by atoms with Crippen LogP contribution >= 0.6 is 11.3 Å². The maximum Gasteiger partial charge on any atom is 0.240 e. The highest BCUT2D eigenvalue weighted by Crippen LogP contribution is 2.29. The molecule has 7 heteroatoms. The molecule has 0 radical (unpaired) electrons. The Morgan fingerprint density at radius 1 is 1.19 bits per heavy atom. The molecule has 1 saturated heterocycles. The number of nitrogens with one attached hydrogen (secondary N) is 1. The average Bonchev–Trinajstić information content (AvgIpc) is 3.05. The summed E-state index contributed by atoms with van der Waals surface area (Å²) in [6.45, 7) is 7.98. The summed E-state index contributed by atoms with van der Waals surface area (Å²) in [5, 5.41) is 3.65. The number of aryl methyl sites for hydroxylation is 2. The zero-order valence-corrected chi connectivity index (χ0v) is 16.4. The van der Waals surface area contributed by atoms with Crippen molar-refractivity contribution in [2.45, 2.75) is 13.8 Å². The zero-order valence-electron chi connectivity index (χ0n) is 15.6. The van der Waals surface area contributed by atoms with Gasteiger partial charge in [0.05, 0.1) is 16.8 Å². The summed E-state index contributed by atoms with van der Waals surface area (Å²) in [6.07, 6.45) is 1.82. The summed E-state index contributed by atoms with van der Waals surface area (Å²) < 4.78 is 1.12. The molecule has 3 heterocycles. The Hall–Kier alpha value is -2.51. The molecule has 0 unspecified atom stereocenters. The molecule has 0 atom stereocenters. The highest BCUT2D eigenvalue weighted by atomic mass is 32.1. The topological polar surface area (TPSA) is 61.4 Å². The minimum absolute atomic E-state index is 0.00489. The Kier molecular flexibility index (Phi) is 5.05. The van der Waals surface area contributed by atoms with Crippen molar-refractivity contribution in [2.24, 2.45) is 0 Å². The van der Waals surface area contributed by atoms with E-state index < -0.39 is 0 Å². The fraction of sp³-hybridized carbons (Fsp3) is 0.350. The van der Waals surface area contributed by atoms with E-state index in [0.717, 1.165) is 47.8 Å². The molecular formula is C20H23N5OS. The first kappa shape index (κ1) is 17.9. The number of fused-ring (bicyclic) bond motifs is 1. The predicted octanol–water partition coefficient (Wildman–Crippen LogP) is 3.07. The molecule has 1 aromatic carbocycles. The molecule has 0 bridgehead atoms. The van der Waals surface area contributed by atoms with E-state index in [9.17, 15) is 4.79 Å². The maximum atomic E-state index is 12.4. The zero-order chi connectivity index (χ0) is 18.8. The predicted molar refractivity (Wildman–Crippen MR) is 111 cm³/mol. The van der Waals surface area contributed by atoms with Gasteiger partial charge >= 0.3 is 0 Å². The first-order valence-corrected chi connectivity index (χ1v) is 9.96. The van der Waals surface area contributed by atoms with Gasteiger partial charge in [-0.2, -0.15) is 0 Å². The third-order valence-corrected chi connectivity index (χ3v) is 5.71. The minimum Gasteiger partial charge on any atom is -0.354 e. The smallest absolute Gasteiger partial charge is 0.240 e. The summed E-state index contributed by atoms with van der Waals surface area (Å²) in [6, 6.07) is 10.2. The number of carbonyl (C=O) groups excluding carboxylic acids is 1. The molecule has 1 aliphatic rings. The van der Waals surface area contributed by atoms with Crippen molar-refractivity contribution in [3.63, 3.8) is 0 Å². The second-order valence-electron chi connectivity index (χ2n) is 6.95. The number of hydrogen-bond acceptors (Lipinski definition) is 6. The highest BCUT2D eigenvalue weighted by molar-refractivity contribution is 7.22. The molecule has 1 amide bonds. The molecule has 2 aromatic heterocycles. The number of rotatable bonds is 4. The summed E-state index contributed by atoms with van der Waals surface area (Å²) >= 11 is 1.54. The third kappa shape index (κ3) is 4.09. The molecule has 4 rings (SSSR count). The van der Waals surface area contributed by atoms with Crippen LogP contribution in [0.2, 0.25) is 0 Å². The number of anilines is 2. The van der Waals surface area contributed by atoms with Gasteiger partial charge in [0.2, 0.25) is 5.91 Å². The van der Waals surface area contributed by atoms with Gasteiger partial charge < -0.3 is 10.2 Å². The third-order valence-electron chi connectivity index (χ3n) is 4.79. The van der Waals surface area contributed by atoms with Crippen LogP contribution in [0.3, 0.4) is 0 Å². The Morgan fingerprint density at radius 3 is 2.74 bits per heavy atom. The maximum absolute atomic E-state index is 12.4. The number of aromatic nitrogens is 2. The Labute approximate surface area is 162 Å². The summed E-state index contributed by atoms with van der Waals surface area (Å²) in [5.74, 6) is 0.997. The monoisotopic (exact) mass is 381 g/mol. The number of nitrogens with zero attached hydrogens (tertiary/aromatic N) is 4. The normalized spacial score (nSPS) is 15.3. The van der Waals surface area contributed by atoms with Crippen molar-refractivity contribution in [3.8, 4) is 0 Å². The van der Waals surface area contributed by atoms with Crippen LogP contribution < -0.4 is 10.2 Å². The molecule has 0 saturated carbocycles. The lowest BCUT2D eigenvalue weighted by Gasteiger charge is -2.34. The second kappa shape index (κ2) is 7.62. The van der Waals surface area contributed by atoms with Crippen molar-refractivity contribution < 1.29 is 4.79 Å². The fourth-order valence-electron chi connectivity index (χ4n) is 3.46. The van der Waals surface area contributed by atoms with E-state index in [0.29, 0.717) is 11.7 Å². The van der Waals surface area contributed by atoms with Gasteiger partial charge in [-0.3, -0.25) is 9.69 Å². The van der Waals surface area contributed by atoms with Gasteiger partial charge in [0, 0.05) is 32.4 Å². The van der Waals surface area contributed by atoms with Gasteiger partial charge in [-0.15, -0.1) is 0 Å². The van der Waals surface area contributed by atoms with E-state index in [1.54, 1.807) is 0 Å². The molecule has 0 spiro atoms. The molecule has 27 heavy (non-hydrogen) atoms. The van der Waals surface area contributed by atoms with E-state index in [2.05, 4.69) is 51.1 Å². The number of hydrogen-bond donors (Lipinski definition) is 1. The first-order valence-electron chi connectivity index (χ1n) is 9.14. The van der Waals surface area contributed by atoms with E-state index in [1.807, 2.05) is 24.4 Å². The molecule has 140 valence electrons. The van der Waals surface area contributed by atoms with Crippen LogP contribution in [0.4, 0.5) is 10.9 Å². The lowest BCUT2D eigenvalue weighted by atomic mass is 10.1. The average molecular weight is 382 g/mol. The molecular weight excluding hydrogens is 358 g/mol. The molecule has 0 aliphatic carbocycles. The number of carbonyl (C=O) groups is 1. The Balaban J connectivity index is 1.33. The Morgan fingerprint density at radius 2 is 2.00 bits per heavy atom.